The minimum Gasteiger partial charge on any atom is -0.495 e. The molecule has 0 saturated heterocycles. The Morgan fingerprint density at radius 3 is 2.18 bits per heavy atom. The monoisotopic (exact) mass is 484 g/mol. The molecule has 0 aliphatic carbocycles. The van der Waals surface area contributed by atoms with E-state index in [4.69, 9.17) is 32.7 Å². The lowest BCUT2D eigenvalue weighted by Gasteiger charge is -2.28. The molecule has 0 fully saturated rings. The maximum atomic E-state index is 13.3. The maximum Gasteiger partial charge on any atom is 0.266 e. The maximum absolute atomic E-state index is 13.3. The zero-order valence-corrected chi connectivity index (χ0v) is 19.0. The number of carbonyl (C=O) groups is 3. The second-order valence-electron chi connectivity index (χ2n) is 7.08. The largest absolute Gasteiger partial charge is 0.495 e. The molecule has 1 heterocycles. The molecule has 0 N–H and O–H groups in total. The number of hydrogen-bond donors (Lipinski definition) is 0. The number of ether oxygens (including phenoxy) is 2. The second kappa shape index (κ2) is 9.52. The van der Waals surface area contributed by atoms with E-state index in [1.54, 1.807) is 60.7 Å². The van der Waals surface area contributed by atoms with E-state index in [1.807, 2.05) is 0 Å². The molecule has 7 nitrogen and oxygen atoms in total. The molecule has 9 heteroatoms. The van der Waals surface area contributed by atoms with E-state index in [9.17, 15) is 14.4 Å². The number of hydrogen-bond acceptors (Lipinski definition) is 5. The third-order valence-corrected chi connectivity index (χ3v) is 5.61. The normalized spacial score (nSPS) is 12.5. The van der Waals surface area contributed by atoms with E-state index < -0.39 is 24.3 Å². The van der Waals surface area contributed by atoms with E-state index >= 15 is 0 Å². The average Bonchev–Trinajstić information content (AvgIpc) is 3.06. The van der Waals surface area contributed by atoms with Gasteiger partial charge in [-0.25, -0.2) is 0 Å². The number of benzene rings is 3. The van der Waals surface area contributed by atoms with Crippen molar-refractivity contribution < 1.29 is 23.9 Å². The Bertz CT molecular complexity index is 1210. The van der Waals surface area contributed by atoms with Crippen LogP contribution in [0.4, 0.5) is 5.69 Å². The average molecular weight is 485 g/mol. The first-order valence-electron chi connectivity index (χ1n) is 9.87. The van der Waals surface area contributed by atoms with Crippen LogP contribution in [0.15, 0.2) is 66.7 Å². The SMILES string of the molecule is COc1ccccc1N(CN1C(=O)c2ccccc2C1=O)C(=O)COc1ccc(Cl)cc1Cl. The van der Waals surface area contributed by atoms with E-state index in [0.29, 0.717) is 27.6 Å². The van der Waals surface area contributed by atoms with Crippen molar-refractivity contribution in [2.45, 2.75) is 0 Å². The second-order valence-corrected chi connectivity index (χ2v) is 7.93. The highest BCUT2D eigenvalue weighted by Crippen LogP contribution is 2.31. The quantitative estimate of drug-likeness (QED) is 0.455. The van der Waals surface area contributed by atoms with E-state index in [1.165, 1.54) is 18.1 Å². The molecule has 0 spiro atoms. The van der Waals surface area contributed by atoms with E-state index in [0.717, 1.165) is 4.90 Å². The lowest BCUT2D eigenvalue weighted by Crippen LogP contribution is -2.46. The van der Waals surface area contributed by atoms with Crippen LogP contribution in [0, 0.1) is 0 Å². The van der Waals surface area contributed by atoms with Crippen LogP contribution in [0.1, 0.15) is 20.7 Å². The number of rotatable bonds is 7. The predicted octanol–water partition coefficient (Wildman–Crippen LogP) is 4.67. The van der Waals surface area contributed by atoms with Crippen LogP contribution in [0.5, 0.6) is 11.5 Å². The number of carbonyl (C=O) groups excluding carboxylic acids is 3. The standard InChI is InChI=1S/C24H18Cl2N2O5/c1-32-21-9-5-4-8-19(21)27(22(29)13-33-20-11-10-15(25)12-18(20)26)14-28-23(30)16-6-2-3-7-17(16)24(28)31/h2-12H,13-14H2,1H3. The summed E-state index contributed by atoms with van der Waals surface area (Å²) in [5, 5.41) is 0.680. The lowest BCUT2D eigenvalue weighted by atomic mass is 10.1. The number of para-hydroxylation sites is 2. The fourth-order valence-electron chi connectivity index (χ4n) is 3.46. The summed E-state index contributed by atoms with van der Waals surface area (Å²) < 4.78 is 11.0. The Hall–Kier alpha value is -3.55. The summed E-state index contributed by atoms with van der Waals surface area (Å²) in [5.41, 5.74) is 0.964. The Kier molecular flexibility index (Phi) is 6.53. The zero-order valence-electron chi connectivity index (χ0n) is 17.5. The van der Waals surface area contributed by atoms with Crippen molar-refractivity contribution in [3.8, 4) is 11.5 Å². The smallest absolute Gasteiger partial charge is 0.266 e. The van der Waals surface area contributed by atoms with E-state index in [2.05, 4.69) is 0 Å². The molecule has 0 aromatic heterocycles. The van der Waals surface area contributed by atoms with Gasteiger partial charge in [0.2, 0.25) is 0 Å². The molecule has 0 bridgehead atoms. The fourth-order valence-corrected chi connectivity index (χ4v) is 3.92. The fraction of sp³-hybridized carbons (Fsp3) is 0.125. The van der Waals surface area contributed by atoms with Crippen molar-refractivity contribution >= 4 is 46.6 Å². The van der Waals surface area contributed by atoms with Gasteiger partial charge in [-0.15, -0.1) is 0 Å². The summed E-state index contributed by atoms with van der Waals surface area (Å²) in [6, 6.07) is 18.0. The number of nitrogens with zero attached hydrogens (tertiary/aromatic N) is 2. The van der Waals surface area contributed by atoms with Crippen LogP contribution in [-0.2, 0) is 4.79 Å². The van der Waals surface area contributed by atoms with Gasteiger partial charge >= 0.3 is 0 Å². The molecule has 0 radical (unpaired) electrons. The van der Waals surface area contributed by atoms with Crippen LogP contribution < -0.4 is 14.4 Å². The van der Waals surface area contributed by atoms with Crippen molar-refractivity contribution in [3.05, 3.63) is 87.9 Å². The Morgan fingerprint density at radius 2 is 1.55 bits per heavy atom. The van der Waals surface area contributed by atoms with Gasteiger partial charge in [0, 0.05) is 5.02 Å². The molecule has 0 saturated carbocycles. The van der Waals surface area contributed by atoms with Gasteiger partial charge in [-0.05, 0) is 42.5 Å². The Morgan fingerprint density at radius 1 is 0.909 bits per heavy atom. The molecular formula is C24H18Cl2N2O5. The Labute approximate surface area is 200 Å². The van der Waals surface area contributed by atoms with Crippen molar-refractivity contribution in [3.63, 3.8) is 0 Å². The number of amides is 3. The zero-order chi connectivity index (χ0) is 23.5. The molecule has 3 amide bonds. The third kappa shape index (κ3) is 4.51. The summed E-state index contributed by atoms with van der Waals surface area (Å²) in [6.45, 7) is -0.716. The minimum absolute atomic E-state index is 0.250. The number of fused-ring (bicyclic) bond motifs is 1. The van der Waals surface area contributed by atoms with Crippen molar-refractivity contribution in [1.29, 1.82) is 0 Å². The van der Waals surface area contributed by atoms with Crippen molar-refractivity contribution in [2.24, 2.45) is 0 Å². The van der Waals surface area contributed by atoms with Gasteiger partial charge < -0.3 is 9.47 Å². The molecule has 3 aromatic carbocycles. The lowest BCUT2D eigenvalue weighted by molar-refractivity contribution is -0.120. The number of methoxy groups -OCH3 is 1. The number of anilines is 1. The first kappa shape index (κ1) is 22.6. The molecule has 1 aliphatic heterocycles. The molecule has 168 valence electrons. The predicted molar refractivity (Wildman–Crippen MR) is 124 cm³/mol. The molecule has 3 aromatic rings. The minimum atomic E-state index is -0.512. The molecule has 1 aliphatic rings. The summed E-state index contributed by atoms with van der Waals surface area (Å²) in [7, 11) is 1.47. The van der Waals surface area contributed by atoms with Crippen molar-refractivity contribution in [2.75, 3.05) is 25.3 Å². The van der Waals surface area contributed by atoms with Gasteiger partial charge in [-0.3, -0.25) is 24.2 Å². The van der Waals surface area contributed by atoms with Gasteiger partial charge in [0.15, 0.2) is 6.61 Å². The third-order valence-electron chi connectivity index (χ3n) is 5.08. The summed E-state index contributed by atoms with van der Waals surface area (Å²) in [6.07, 6.45) is 0. The molecular weight excluding hydrogens is 467 g/mol. The van der Waals surface area contributed by atoms with Crippen LogP contribution >= 0.6 is 23.2 Å². The summed E-state index contributed by atoms with van der Waals surface area (Å²) in [4.78, 5) is 41.3. The van der Waals surface area contributed by atoms with Gasteiger partial charge in [0.1, 0.15) is 18.2 Å². The van der Waals surface area contributed by atoms with Gasteiger partial charge in [0.25, 0.3) is 17.7 Å². The highest BCUT2D eigenvalue weighted by Gasteiger charge is 2.37. The highest BCUT2D eigenvalue weighted by molar-refractivity contribution is 6.35. The van der Waals surface area contributed by atoms with Crippen LogP contribution in [0.2, 0.25) is 10.0 Å². The summed E-state index contributed by atoms with van der Waals surface area (Å²) in [5.74, 6) is -0.806. The Balaban J connectivity index is 1.62. The highest BCUT2D eigenvalue weighted by atomic mass is 35.5. The molecule has 4 rings (SSSR count). The summed E-state index contributed by atoms with van der Waals surface area (Å²) >= 11 is 12.0. The van der Waals surface area contributed by atoms with Gasteiger partial charge in [-0.2, -0.15) is 0 Å². The first-order valence-corrected chi connectivity index (χ1v) is 10.6. The van der Waals surface area contributed by atoms with Crippen LogP contribution in [0.25, 0.3) is 0 Å². The number of halogens is 2. The van der Waals surface area contributed by atoms with Gasteiger partial charge in [-0.1, -0.05) is 47.5 Å². The molecule has 0 unspecified atom stereocenters. The first-order chi connectivity index (χ1) is 15.9. The number of imide groups is 1. The van der Waals surface area contributed by atoms with Crippen LogP contribution in [0.3, 0.4) is 0 Å². The molecule has 0 atom stereocenters. The van der Waals surface area contributed by atoms with E-state index in [-0.39, 0.29) is 17.4 Å². The van der Waals surface area contributed by atoms with Crippen LogP contribution in [-0.4, -0.2) is 43.0 Å². The topological polar surface area (TPSA) is 76.2 Å². The van der Waals surface area contributed by atoms with Gasteiger partial charge in [0.05, 0.1) is 28.9 Å². The van der Waals surface area contributed by atoms with Crippen molar-refractivity contribution in [1.82, 2.24) is 4.90 Å². The molecule has 33 heavy (non-hydrogen) atoms.